The Kier molecular flexibility index (Phi) is 3.49. The minimum absolute atomic E-state index is 1.09. The first-order chi connectivity index (χ1) is 9.25. The lowest BCUT2D eigenvalue weighted by molar-refractivity contribution is 0.573. The molecule has 0 atom stereocenters. The quantitative estimate of drug-likeness (QED) is 0.773. The van der Waals surface area contributed by atoms with Crippen LogP contribution in [0.2, 0.25) is 0 Å². The van der Waals surface area contributed by atoms with Crippen LogP contribution in [0.3, 0.4) is 0 Å². The molecule has 3 heterocycles. The summed E-state index contributed by atoms with van der Waals surface area (Å²) in [7, 11) is 4.32. The Hall–Kier alpha value is -1.45. The van der Waals surface area contributed by atoms with Gasteiger partial charge in [-0.05, 0) is 37.8 Å². The largest absolute Gasteiger partial charge is 0.372 e. The van der Waals surface area contributed by atoms with Crippen LogP contribution in [-0.2, 0) is 0 Å². The van der Waals surface area contributed by atoms with Gasteiger partial charge in [0.1, 0.15) is 5.82 Å². The lowest BCUT2D eigenvalue weighted by Gasteiger charge is -2.30. The maximum Gasteiger partial charge on any atom is 0.154 e. The van der Waals surface area contributed by atoms with Crippen molar-refractivity contribution >= 4 is 17.3 Å². The van der Waals surface area contributed by atoms with E-state index in [0.29, 0.717) is 0 Å². The molecule has 0 aromatic carbocycles. The second-order valence-electron chi connectivity index (χ2n) is 5.76. The van der Waals surface area contributed by atoms with Gasteiger partial charge >= 0.3 is 0 Å². The molecule has 0 unspecified atom stereocenters. The summed E-state index contributed by atoms with van der Waals surface area (Å²) in [6.45, 7) is 4.52. The van der Waals surface area contributed by atoms with Gasteiger partial charge in [-0.3, -0.25) is 0 Å². The summed E-state index contributed by atoms with van der Waals surface area (Å²) in [5, 5.41) is 0. The maximum absolute atomic E-state index is 4.94. The Morgan fingerprint density at radius 1 is 0.842 bits per heavy atom. The predicted octanol–water partition coefficient (Wildman–Crippen LogP) is 2.35. The van der Waals surface area contributed by atoms with Gasteiger partial charge in [0, 0.05) is 40.3 Å². The van der Waals surface area contributed by atoms with Crippen LogP contribution in [0.4, 0.5) is 17.3 Å². The Bertz CT molecular complexity index is 440. The van der Waals surface area contributed by atoms with E-state index in [4.69, 9.17) is 4.98 Å². The zero-order valence-corrected chi connectivity index (χ0v) is 12.1. The van der Waals surface area contributed by atoms with E-state index >= 15 is 0 Å². The average Bonchev–Trinajstić information content (AvgIpc) is 2.60. The minimum atomic E-state index is 1.09. The van der Waals surface area contributed by atoms with E-state index in [1.807, 2.05) is 0 Å². The number of nitrogens with zero attached hydrogens (tertiary/aromatic N) is 4. The molecule has 4 heteroatoms. The zero-order valence-electron chi connectivity index (χ0n) is 12.1. The van der Waals surface area contributed by atoms with Gasteiger partial charge in [-0.1, -0.05) is 0 Å². The summed E-state index contributed by atoms with van der Waals surface area (Å²) in [6, 6.07) is 4.44. The molecule has 0 N–H and O–H groups in total. The standard InChI is InChI=1S/C15H24N4/c1-17-9-6-10-18(2)15-13(17)7-8-14(16-15)19-11-4-3-5-12-19/h7-8H,3-6,9-12H2,1-2H3. The highest BCUT2D eigenvalue weighted by Gasteiger charge is 2.20. The summed E-state index contributed by atoms with van der Waals surface area (Å²) in [6.07, 6.45) is 5.16. The highest BCUT2D eigenvalue weighted by Crippen LogP contribution is 2.31. The molecule has 2 aliphatic heterocycles. The Labute approximate surface area is 116 Å². The van der Waals surface area contributed by atoms with Gasteiger partial charge < -0.3 is 14.7 Å². The fraction of sp³-hybridized carbons (Fsp3) is 0.667. The van der Waals surface area contributed by atoms with Crippen molar-refractivity contribution in [3.63, 3.8) is 0 Å². The van der Waals surface area contributed by atoms with Crippen LogP contribution < -0.4 is 14.7 Å². The van der Waals surface area contributed by atoms with Crippen molar-refractivity contribution in [2.75, 3.05) is 55.0 Å². The molecule has 0 spiro atoms. The molecule has 0 amide bonds. The van der Waals surface area contributed by atoms with E-state index < -0.39 is 0 Å². The first-order valence-corrected chi connectivity index (χ1v) is 7.44. The summed E-state index contributed by atoms with van der Waals surface area (Å²) < 4.78 is 0. The van der Waals surface area contributed by atoms with Crippen molar-refractivity contribution in [2.45, 2.75) is 25.7 Å². The topological polar surface area (TPSA) is 22.6 Å². The lowest BCUT2D eigenvalue weighted by Crippen LogP contribution is -2.30. The van der Waals surface area contributed by atoms with Crippen LogP contribution in [-0.4, -0.2) is 45.3 Å². The normalized spacial score (nSPS) is 20.2. The van der Waals surface area contributed by atoms with Crippen LogP contribution in [0.25, 0.3) is 0 Å². The summed E-state index contributed by atoms with van der Waals surface area (Å²) in [5.41, 5.74) is 1.26. The van der Waals surface area contributed by atoms with Crippen LogP contribution in [0.15, 0.2) is 12.1 Å². The molecule has 0 bridgehead atoms. The third-order valence-electron chi connectivity index (χ3n) is 4.28. The number of anilines is 3. The first kappa shape index (κ1) is 12.6. The molecule has 104 valence electrons. The third kappa shape index (κ3) is 2.48. The number of fused-ring (bicyclic) bond motifs is 1. The number of pyridine rings is 1. The van der Waals surface area contributed by atoms with Gasteiger partial charge in [0.2, 0.25) is 0 Å². The van der Waals surface area contributed by atoms with E-state index in [9.17, 15) is 0 Å². The summed E-state index contributed by atoms with van der Waals surface area (Å²) in [4.78, 5) is 12.0. The molecule has 3 rings (SSSR count). The van der Waals surface area contributed by atoms with E-state index in [0.717, 1.165) is 37.8 Å². The molecule has 0 saturated carbocycles. The maximum atomic E-state index is 4.94. The number of hydrogen-bond acceptors (Lipinski definition) is 4. The number of aromatic nitrogens is 1. The smallest absolute Gasteiger partial charge is 0.154 e. The van der Waals surface area contributed by atoms with Crippen LogP contribution in [0.5, 0.6) is 0 Å². The number of hydrogen-bond donors (Lipinski definition) is 0. The number of rotatable bonds is 1. The van der Waals surface area contributed by atoms with Gasteiger partial charge in [0.05, 0.1) is 5.69 Å². The predicted molar refractivity (Wildman–Crippen MR) is 81.5 cm³/mol. The Morgan fingerprint density at radius 2 is 1.58 bits per heavy atom. The molecule has 0 radical (unpaired) electrons. The van der Waals surface area contributed by atoms with Crippen LogP contribution in [0, 0.1) is 0 Å². The molecule has 2 aliphatic rings. The third-order valence-corrected chi connectivity index (χ3v) is 4.28. The van der Waals surface area contributed by atoms with Crippen LogP contribution in [0.1, 0.15) is 25.7 Å². The van der Waals surface area contributed by atoms with Gasteiger partial charge in [0.15, 0.2) is 5.82 Å². The summed E-state index contributed by atoms with van der Waals surface area (Å²) in [5.74, 6) is 2.30. The van der Waals surface area contributed by atoms with E-state index in [1.165, 1.54) is 31.4 Å². The highest BCUT2D eigenvalue weighted by molar-refractivity contribution is 5.70. The number of piperidine rings is 1. The molecular formula is C15H24N4. The van der Waals surface area contributed by atoms with Crippen molar-refractivity contribution < 1.29 is 0 Å². The average molecular weight is 260 g/mol. The summed E-state index contributed by atoms with van der Waals surface area (Å²) >= 11 is 0. The second-order valence-corrected chi connectivity index (χ2v) is 5.76. The van der Waals surface area contributed by atoms with Crippen molar-refractivity contribution in [2.24, 2.45) is 0 Å². The molecule has 19 heavy (non-hydrogen) atoms. The van der Waals surface area contributed by atoms with E-state index in [2.05, 4.69) is 40.9 Å². The molecular weight excluding hydrogens is 236 g/mol. The monoisotopic (exact) mass is 260 g/mol. The Morgan fingerprint density at radius 3 is 2.37 bits per heavy atom. The fourth-order valence-electron chi connectivity index (χ4n) is 3.08. The molecule has 4 nitrogen and oxygen atoms in total. The molecule has 1 aromatic rings. The fourth-order valence-corrected chi connectivity index (χ4v) is 3.08. The van der Waals surface area contributed by atoms with Gasteiger partial charge in [-0.25, -0.2) is 4.98 Å². The zero-order chi connectivity index (χ0) is 13.2. The molecule has 1 fully saturated rings. The van der Waals surface area contributed by atoms with Gasteiger partial charge in [0.25, 0.3) is 0 Å². The molecule has 1 saturated heterocycles. The SMILES string of the molecule is CN1CCCN(C)c2nc(N3CCCCC3)ccc21. The highest BCUT2D eigenvalue weighted by atomic mass is 15.3. The second kappa shape index (κ2) is 5.27. The van der Waals surface area contributed by atoms with Crippen molar-refractivity contribution in [3.05, 3.63) is 12.1 Å². The van der Waals surface area contributed by atoms with Gasteiger partial charge in [-0.15, -0.1) is 0 Å². The van der Waals surface area contributed by atoms with E-state index in [1.54, 1.807) is 0 Å². The molecule has 0 aliphatic carbocycles. The van der Waals surface area contributed by atoms with Crippen molar-refractivity contribution in [3.8, 4) is 0 Å². The molecule has 1 aromatic heterocycles. The van der Waals surface area contributed by atoms with Crippen LogP contribution >= 0.6 is 0 Å². The first-order valence-electron chi connectivity index (χ1n) is 7.44. The van der Waals surface area contributed by atoms with E-state index in [-0.39, 0.29) is 0 Å². The lowest BCUT2D eigenvalue weighted by atomic mass is 10.1. The minimum Gasteiger partial charge on any atom is -0.372 e. The van der Waals surface area contributed by atoms with Gasteiger partial charge in [-0.2, -0.15) is 0 Å². The Balaban J connectivity index is 1.92. The van der Waals surface area contributed by atoms with Crippen molar-refractivity contribution in [1.82, 2.24) is 4.98 Å². The van der Waals surface area contributed by atoms with Crippen molar-refractivity contribution in [1.29, 1.82) is 0 Å².